The molecule has 0 spiro atoms. The van der Waals surface area contributed by atoms with Gasteiger partial charge in [-0.15, -0.1) is 0 Å². The van der Waals surface area contributed by atoms with Crippen LogP contribution in [0.3, 0.4) is 0 Å². The van der Waals surface area contributed by atoms with Gasteiger partial charge >= 0.3 is 0 Å². The Morgan fingerprint density at radius 1 is 0.657 bits per heavy atom. The first-order valence-corrected chi connectivity index (χ1v) is 11.6. The van der Waals surface area contributed by atoms with E-state index in [1.807, 2.05) is 60.7 Å². The van der Waals surface area contributed by atoms with E-state index < -0.39 is 0 Å². The van der Waals surface area contributed by atoms with Crippen molar-refractivity contribution in [1.82, 2.24) is 4.90 Å². The summed E-state index contributed by atoms with van der Waals surface area (Å²) in [5.74, 6) is 3.25. The fourth-order valence-corrected chi connectivity index (χ4v) is 4.16. The molecule has 1 unspecified atom stereocenters. The number of ether oxygens (including phenoxy) is 2. The van der Waals surface area contributed by atoms with E-state index in [4.69, 9.17) is 19.5 Å². The minimum atomic E-state index is -0.258. The first-order chi connectivity index (χ1) is 17.2. The second kappa shape index (κ2) is 10.3. The zero-order valence-electron chi connectivity index (χ0n) is 19.8. The first-order valence-electron chi connectivity index (χ1n) is 11.6. The zero-order chi connectivity index (χ0) is 24.0. The maximum absolute atomic E-state index is 5.40. The van der Waals surface area contributed by atoms with E-state index in [-0.39, 0.29) is 6.17 Å². The van der Waals surface area contributed by atoms with Crippen LogP contribution >= 0.6 is 0 Å². The van der Waals surface area contributed by atoms with Gasteiger partial charge in [0.1, 0.15) is 17.3 Å². The summed E-state index contributed by atoms with van der Waals surface area (Å²) in [6.45, 7) is 0.639. The number of methoxy groups -OCH3 is 2. The second-order valence-corrected chi connectivity index (χ2v) is 8.24. The Balaban J connectivity index is 1.63. The van der Waals surface area contributed by atoms with Crippen LogP contribution in [-0.4, -0.2) is 30.8 Å². The topological polar surface area (TPSA) is 46.4 Å². The second-order valence-electron chi connectivity index (χ2n) is 8.24. The Morgan fingerprint density at radius 2 is 1.20 bits per heavy atom. The van der Waals surface area contributed by atoms with Gasteiger partial charge in [0.25, 0.3) is 0 Å². The predicted octanol–water partition coefficient (Wildman–Crippen LogP) is 6.11. The standard InChI is InChI=1S/C30H27N3O2/c1-34-26-17-13-22(14-18-26)21-33-29(24-11-7-4-8-12-24)31-28(23-9-5-3-6-10-23)32-30(33)25-15-19-27(35-2)20-16-25/h3-20,30H,21H2,1-2H3. The summed E-state index contributed by atoms with van der Waals surface area (Å²) in [7, 11) is 3.36. The molecule has 1 aliphatic heterocycles. The van der Waals surface area contributed by atoms with Gasteiger partial charge in [-0.2, -0.15) is 0 Å². The van der Waals surface area contributed by atoms with Gasteiger partial charge in [-0.3, -0.25) is 0 Å². The van der Waals surface area contributed by atoms with Gasteiger partial charge in [0.2, 0.25) is 0 Å². The summed E-state index contributed by atoms with van der Waals surface area (Å²) in [6, 6.07) is 36.7. The number of amidine groups is 2. The van der Waals surface area contributed by atoms with Crippen LogP contribution in [0.25, 0.3) is 0 Å². The number of nitrogens with zero attached hydrogens (tertiary/aromatic N) is 3. The molecule has 5 heteroatoms. The van der Waals surface area contributed by atoms with E-state index in [2.05, 4.69) is 53.4 Å². The highest BCUT2D eigenvalue weighted by Gasteiger charge is 2.29. The lowest BCUT2D eigenvalue weighted by molar-refractivity contribution is 0.313. The van der Waals surface area contributed by atoms with Gasteiger partial charge in [0.05, 0.1) is 14.2 Å². The number of benzene rings is 4. The van der Waals surface area contributed by atoms with Crippen molar-refractivity contribution in [3.63, 3.8) is 0 Å². The van der Waals surface area contributed by atoms with Gasteiger partial charge in [-0.1, -0.05) is 84.9 Å². The van der Waals surface area contributed by atoms with Crippen LogP contribution < -0.4 is 9.47 Å². The quantitative estimate of drug-likeness (QED) is 0.333. The number of hydrogen-bond donors (Lipinski definition) is 0. The summed E-state index contributed by atoms with van der Waals surface area (Å²) in [5, 5.41) is 0. The van der Waals surface area contributed by atoms with E-state index in [1.54, 1.807) is 14.2 Å². The van der Waals surface area contributed by atoms with Crippen molar-refractivity contribution in [3.8, 4) is 11.5 Å². The highest BCUT2D eigenvalue weighted by molar-refractivity contribution is 6.13. The molecular formula is C30H27N3O2. The van der Waals surface area contributed by atoms with E-state index >= 15 is 0 Å². The van der Waals surface area contributed by atoms with Gasteiger partial charge in [-0.05, 0) is 35.4 Å². The Kier molecular flexibility index (Phi) is 6.57. The van der Waals surface area contributed by atoms with Crippen molar-refractivity contribution in [2.45, 2.75) is 12.7 Å². The van der Waals surface area contributed by atoms with Crippen molar-refractivity contribution < 1.29 is 9.47 Å². The SMILES string of the molecule is COc1ccc(CN2C(c3ccccc3)=NC(c3ccccc3)=NC2c2ccc(OC)cc2)cc1. The average molecular weight is 462 g/mol. The van der Waals surface area contributed by atoms with Crippen LogP contribution in [-0.2, 0) is 6.54 Å². The van der Waals surface area contributed by atoms with Gasteiger partial charge < -0.3 is 14.4 Å². The lowest BCUT2D eigenvalue weighted by Crippen LogP contribution is -2.38. The molecule has 0 saturated heterocycles. The van der Waals surface area contributed by atoms with Crippen LogP contribution in [0, 0.1) is 0 Å². The monoisotopic (exact) mass is 461 g/mol. The van der Waals surface area contributed by atoms with E-state index in [1.165, 1.54) is 0 Å². The molecular weight excluding hydrogens is 434 g/mol. The maximum Gasteiger partial charge on any atom is 0.159 e. The maximum atomic E-state index is 5.40. The zero-order valence-corrected chi connectivity index (χ0v) is 19.8. The van der Waals surface area contributed by atoms with Gasteiger partial charge in [-0.25, -0.2) is 9.98 Å². The molecule has 0 fully saturated rings. The molecule has 5 nitrogen and oxygen atoms in total. The number of hydrogen-bond acceptors (Lipinski definition) is 5. The molecule has 1 aliphatic rings. The smallest absolute Gasteiger partial charge is 0.159 e. The molecule has 174 valence electrons. The highest BCUT2D eigenvalue weighted by Crippen LogP contribution is 2.32. The van der Waals surface area contributed by atoms with E-state index in [9.17, 15) is 0 Å². The molecule has 0 aliphatic carbocycles. The van der Waals surface area contributed by atoms with Gasteiger partial charge in [0.15, 0.2) is 12.0 Å². The third-order valence-electron chi connectivity index (χ3n) is 6.01. The molecule has 0 aromatic heterocycles. The molecule has 4 aromatic rings. The summed E-state index contributed by atoms with van der Waals surface area (Å²) < 4.78 is 10.8. The molecule has 1 heterocycles. The van der Waals surface area contributed by atoms with E-state index in [0.29, 0.717) is 6.54 Å². The average Bonchev–Trinajstić information content (AvgIpc) is 2.94. The first kappa shape index (κ1) is 22.4. The minimum Gasteiger partial charge on any atom is -0.497 e. The minimum absolute atomic E-state index is 0.258. The van der Waals surface area contributed by atoms with Crippen molar-refractivity contribution in [3.05, 3.63) is 131 Å². The largest absolute Gasteiger partial charge is 0.497 e. The fourth-order valence-electron chi connectivity index (χ4n) is 4.16. The highest BCUT2D eigenvalue weighted by atomic mass is 16.5. The third kappa shape index (κ3) is 4.94. The molecule has 5 rings (SSSR count). The molecule has 0 bridgehead atoms. The Hall–Kier alpha value is -4.38. The third-order valence-corrected chi connectivity index (χ3v) is 6.01. The van der Waals surface area contributed by atoms with Crippen LogP contribution in [0.15, 0.2) is 119 Å². The summed E-state index contributed by atoms with van der Waals surface area (Å²) >= 11 is 0. The number of aliphatic imine (C=N–C) groups is 2. The van der Waals surface area contributed by atoms with Gasteiger partial charge in [0, 0.05) is 17.7 Å². The van der Waals surface area contributed by atoms with Crippen molar-refractivity contribution in [1.29, 1.82) is 0 Å². The Labute approximate surface area is 206 Å². The summed E-state index contributed by atoms with van der Waals surface area (Å²) in [4.78, 5) is 12.5. The van der Waals surface area contributed by atoms with Crippen molar-refractivity contribution >= 4 is 11.7 Å². The Morgan fingerprint density at radius 3 is 1.77 bits per heavy atom. The molecule has 0 N–H and O–H groups in total. The van der Waals surface area contributed by atoms with Crippen LogP contribution in [0.2, 0.25) is 0 Å². The van der Waals surface area contributed by atoms with Crippen LogP contribution in [0.5, 0.6) is 11.5 Å². The lowest BCUT2D eigenvalue weighted by Gasteiger charge is -2.36. The summed E-state index contributed by atoms with van der Waals surface area (Å²) in [5.41, 5.74) is 4.24. The van der Waals surface area contributed by atoms with Crippen molar-refractivity contribution in [2.75, 3.05) is 14.2 Å². The fraction of sp³-hybridized carbons (Fsp3) is 0.133. The predicted molar refractivity (Wildman–Crippen MR) is 140 cm³/mol. The number of rotatable bonds is 7. The molecule has 0 saturated carbocycles. The van der Waals surface area contributed by atoms with E-state index in [0.717, 1.165) is 45.4 Å². The van der Waals surface area contributed by atoms with Crippen LogP contribution in [0.4, 0.5) is 0 Å². The lowest BCUT2D eigenvalue weighted by atomic mass is 10.1. The molecule has 1 atom stereocenters. The molecule has 0 amide bonds. The molecule has 35 heavy (non-hydrogen) atoms. The molecule has 4 aromatic carbocycles. The summed E-state index contributed by atoms with van der Waals surface area (Å²) in [6.07, 6.45) is -0.258. The Bertz CT molecular complexity index is 1320. The molecule has 0 radical (unpaired) electrons. The van der Waals surface area contributed by atoms with Crippen molar-refractivity contribution in [2.24, 2.45) is 9.98 Å². The normalized spacial score (nSPS) is 15.3. The van der Waals surface area contributed by atoms with Crippen LogP contribution in [0.1, 0.15) is 28.4 Å².